The van der Waals surface area contributed by atoms with E-state index in [1.54, 1.807) is 31.4 Å². The van der Waals surface area contributed by atoms with Crippen LogP contribution in [0.3, 0.4) is 0 Å². The Morgan fingerprint density at radius 3 is 2.48 bits per heavy atom. The summed E-state index contributed by atoms with van der Waals surface area (Å²) in [5, 5.41) is 14.7. The number of aryl methyl sites for hydroxylation is 2. The number of carbonyl (C=O) groups excluding carboxylic acids is 2. The molecule has 2 N–H and O–H groups in total. The van der Waals surface area contributed by atoms with Crippen molar-refractivity contribution in [3.05, 3.63) is 70.2 Å². The second-order valence-electron chi connectivity index (χ2n) is 7.18. The van der Waals surface area contributed by atoms with Gasteiger partial charge in [0.15, 0.2) is 0 Å². The van der Waals surface area contributed by atoms with Crippen LogP contribution in [0.25, 0.3) is 0 Å². The standard InChI is InChI=1S/C23H26N4O3S/c1-16(8-9-17-6-4-3-5-7-17)24-20(28)14-15-21-26-27-23(31-21)22(29)25-18-10-12-19(30-2)13-11-18/h3-7,10-13,16H,8-9,14-15H2,1-2H3,(H,24,28)(H,25,29)/t16-/m0/s1. The van der Waals surface area contributed by atoms with Gasteiger partial charge in [0.1, 0.15) is 10.8 Å². The molecule has 7 nitrogen and oxygen atoms in total. The lowest BCUT2D eigenvalue weighted by atomic mass is 10.1. The van der Waals surface area contributed by atoms with Crippen LogP contribution in [0.5, 0.6) is 5.75 Å². The minimum absolute atomic E-state index is 0.0278. The zero-order valence-electron chi connectivity index (χ0n) is 17.6. The van der Waals surface area contributed by atoms with E-state index in [1.165, 1.54) is 16.9 Å². The Kier molecular flexibility index (Phi) is 8.12. The highest BCUT2D eigenvalue weighted by molar-refractivity contribution is 7.13. The smallest absolute Gasteiger partial charge is 0.286 e. The number of amides is 2. The number of methoxy groups -OCH3 is 1. The molecule has 0 saturated carbocycles. The zero-order chi connectivity index (χ0) is 22.1. The van der Waals surface area contributed by atoms with Crippen LogP contribution in [0.15, 0.2) is 54.6 Å². The topological polar surface area (TPSA) is 93.2 Å². The van der Waals surface area contributed by atoms with Crippen molar-refractivity contribution in [2.45, 2.75) is 38.6 Å². The minimum Gasteiger partial charge on any atom is -0.497 e. The third-order valence-corrected chi connectivity index (χ3v) is 5.67. The molecule has 162 valence electrons. The molecule has 1 heterocycles. The molecular weight excluding hydrogens is 412 g/mol. The normalized spacial score (nSPS) is 11.5. The molecule has 0 unspecified atom stereocenters. The van der Waals surface area contributed by atoms with Gasteiger partial charge < -0.3 is 15.4 Å². The number of nitrogens with zero attached hydrogens (tertiary/aromatic N) is 2. The van der Waals surface area contributed by atoms with E-state index in [-0.39, 0.29) is 22.9 Å². The lowest BCUT2D eigenvalue weighted by Gasteiger charge is -2.13. The predicted molar refractivity (Wildman–Crippen MR) is 122 cm³/mol. The molecule has 1 atom stereocenters. The first-order valence-corrected chi connectivity index (χ1v) is 11.0. The van der Waals surface area contributed by atoms with Crippen LogP contribution in [-0.2, 0) is 17.6 Å². The number of aromatic nitrogens is 2. The van der Waals surface area contributed by atoms with Crippen LogP contribution in [0.4, 0.5) is 5.69 Å². The lowest BCUT2D eigenvalue weighted by molar-refractivity contribution is -0.121. The fraction of sp³-hybridized carbons (Fsp3) is 0.304. The van der Waals surface area contributed by atoms with Gasteiger partial charge in [-0.25, -0.2) is 0 Å². The van der Waals surface area contributed by atoms with Crippen molar-refractivity contribution in [3.63, 3.8) is 0 Å². The second kappa shape index (κ2) is 11.2. The third-order valence-electron chi connectivity index (χ3n) is 4.69. The third kappa shape index (κ3) is 7.18. The largest absolute Gasteiger partial charge is 0.497 e. The van der Waals surface area contributed by atoms with Gasteiger partial charge in [0.2, 0.25) is 10.9 Å². The number of hydrogen-bond acceptors (Lipinski definition) is 6. The molecule has 2 amide bonds. The van der Waals surface area contributed by atoms with E-state index in [2.05, 4.69) is 33.0 Å². The van der Waals surface area contributed by atoms with Gasteiger partial charge in [-0.05, 0) is 49.6 Å². The summed E-state index contributed by atoms with van der Waals surface area (Å²) in [4.78, 5) is 24.6. The summed E-state index contributed by atoms with van der Waals surface area (Å²) in [6.07, 6.45) is 2.56. The molecule has 0 aliphatic heterocycles. The van der Waals surface area contributed by atoms with Crippen LogP contribution in [0.1, 0.15) is 40.1 Å². The average molecular weight is 439 g/mol. The summed E-state index contributed by atoms with van der Waals surface area (Å²) in [5.41, 5.74) is 1.91. The summed E-state index contributed by atoms with van der Waals surface area (Å²) < 4.78 is 5.10. The van der Waals surface area contributed by atoms with Crippen molar-refractivity contribution in [1.82, 2.24) is 15.5 Å². The van der Waals surface area contributed by atoms with Crippen LogP contribution in [0.2, 0.25) is 0 Å². The Morgan fingerprint density at radius 1 is 1.03 bits per heavy atom. The molecule has 3 rings (SSSR count). The molecule has 0 fully saturated rings. The number of ether oxygens (including phenoxy) is 1. The molecule has 0 saturated heterocycles. The molecule has 0 aliphatic rings. The lowest BCUT2D eigenvalue weighted by Crippen LogP contribution is -2.33. The summed E-state index contributed by atoms with van der Waals surface area (Å²) >= 11 is 1.20. The maximum Gasteiger partial charge on any atom is 0.286 e. The van der Waals surface area contributed by atoms with Crippen molar-refractivity contribution < 1.29 is 14.3 Å². The molecule has 0 spiro atoms. The quantitative estimate of drug-likeness (QED) is 0.501. The highest BCUT2D eigenvalue weighted by Gasteiger charge is 2.15. The summed E-state index contributed by atoms with van der Waals surface area (Å²) in [7, 11) is 1.59. The van der Waals surface area contributed by atoms with Crippen LogP contribution < -0.4 is 15.4 Å². The van der Waals surface area contributed by atoms with Crippen molar-refractivity contribution in [3.8, 4) is 5.75 Å². The Balaban J connectivity index is 1.41. The fourth-order valence-corrected chi connectivity index (χ4v) is 3.71. The van der Waals surface area contributed by atoms with E-state index in [0.29, 0.717) is 29.3 Å². The van der Waals surface area contributed by atoms with E-state index in [9.17, 15) is 9.59 Å². The molecule has 0 bridgehead atoms. The Hall–Kier alpha value is -3.26. The monoisotopic (exact) mass is 438 g/mol. The first-order valence-electron chi connectivity index (χ1n) is 10.1. The second-order valence-corrected chi connectivity index (χ2v) is 8.24. The Bertz CT molecular complexity index is 990. The van der Waals surface area contributed by atoms with E-state index in [0.717, 1.165) is 12.8 Å². The van der Waals surface area contributed by atoms with Gasteiger partial charge in [-0.15, -0.1) is 10.2 Å². The van der Waals surface area contributed by atoms with Crippen LogP contribution in [0, 0.1) is 0 Å². The summed E-state index contributed by atoms with van der Waals surface area (Å²) in [6, 6.07) is 17.3. The predicted octanol–water partition coefficient (Wildman–Crippen LogP) is 3.87. The number of rotatable bonds is 10. The molecule has 0 radical (unpaired) electrons. The van der Waals surface area contributed by atoms with Gasteiger partial charge >= 0.3 is 0 Å². The highest BCUT2D eigenvalue weighted by atomic mass is 32.1. The minimum atomic E-state index is -0.326. The number of benzene rings is 2. The Labute approximate surface area is 185 Å². The van der Waals surface area contributed by atoms with E-state index in [4.69, 9.17) is 4.74 Å². The van der Waals surface area contributed by atoms with Gasteiger partial charge in [-0.1, -0.05) is 41.7 Å². The van der Waals surface area contributed by atoms with E-state index < -0.39 is 0 Å². The molecule has 8 heteroatoms. The van der Waals surface area contributed by atoms with Crippen LogP contribution >= 0.6 is 11.3 Å². The zero-order valence-corrected chi connectivity index (χ0v) is 18.4. The fourth-order valence-electron chi connectivity index (χ4n) is 2.97. The maximum absolute atomic E-state index is 12.3. The number of hydrogen-bond donors (Lipinski definition) is 2. The van der Waals surface area contributed by atoms with Crippen molar-refractivity contribution >= 4 is 28.8 Å². The summed E-state index contributed by atoms with van der Waals surface area (Å²) in [5.74, 6) is 0.358. The van der Waals surface area contributed by atoms with Crippen LogP contribution in [-0.4, -0.2) is 35.2 Å². The molecule has 31 heavy (non-hydrogen) atoms. The molecule has 1 aromatic heterocycles. The van der Waals surface area contributed by atoms with Gasteiger partial charge in [-0.3, -0.25) is 9.59 Å². The first-order chi connectivity index (χ1) is 15.0. The molecular formula is C23H26N4O3S. The van der Waals surface area contributed by atoms with Crippen molar-refractivity contribution in [2.24, 2.45) is 0 Å². The SMILES string of the molecule is COc1ccc(NC(=O)c2nnc(CCC(=O)N[C@@H](C)CCc3ccccc3)s2)cc1. The maximum atomic E-state index is 12.3. The van der Waals surface area contributed by atoms with Gasteiger partial charge in [0.05, 0.1) is 7.11 Å². The number of anilines is 1. The number of carbonyl (C=O) groups is 2. The molecule has 3 aromatic rings. The first kappa shape index (κ1) is 22.4. The Morgan fingerprint density at radius 2 is 1.77 bits per heavy atom. The van der Waals surface area contributed by atoms with Crippen molar-refractivity contribution in [1.29, 1.82) is 0 Å². The summed E-state index contributed by atoms with van der Waals surface area (Å²) in [6.45, 7) is 2.01. The highest BCUT2D eigenvalue weighted by Crippen LogP contribution is 2.18. The molecule has 0 aliphatic carbocycles. The van der Waals surface area contributed by atoms with Crippen molar-refractivity contribution in [2.75, 3.05) is 12.4 Å². The molecule has 2 aromatic carbocycles. The van der Waals surface area contributed by atoms with Gasteiger partial charge in [0.25, 0.3) is 5.91 Å². The number of nitrogens with one attached hydrogen (secondary N) is 2. The van der Waals surface area contributed by atoms with E-state index in [1.807, 2.05) is 25.1 Å². The average Bonchev–Trinajstić information content (AvgIpc) is 3.27. The van der Waals surface area contributed by atoms with Gasteiger partial charge in [-0.2, -0.15) is 0 Å². The van der Waals surface area contributed by atoms with Gasteiger partial charge in [0, 0.05) is 24.6 Å². The van der Waals surface area contributed by atoms with E-state index >= 15 is 0 Å².